The fourth-order valence-corrected chi connectivity index (χ4v) is 5.33. The molecule has 0 saturated carbocycles. The lowest BCUT2D eigenvalue weighted by atomic mass is 10.0. The van der Waals surface area contributed by atoms with E-state index >= 15 is 0 Å². The Morgan fingerprint density at radius 1 is 1.07 bits per heavy atom. The Bertz CT molecular complexity index is 1560. The van der Waals surface area contributed by atoms with Crippen molar-refractivity contribution in [2.24, 2.45) is 0 Å². The van der Waals surface area contributed by atoms with Gasteiger partial charge < -0.3 is 20.7 Å². The van der Waals surface area contributed by atoms with E-state index in [9.17, 15) is 22.8 Å². The van der Waals surface area contributed by atoms with Crippen LogP contribution in [0.25, 0.3) is 27.4 Å². The quantitative estimate of drug-likeness (QED) is 0.325. The number of carbonyl (C=O) groups is 2. The zero-order chi connectivity index (χ0) is 28.3. The van der Waals surface area contributed by atoms with E-state index in [0.717, 1.165) is 17.4 Å². The molecule has 8 nitrogen and oxygen atoms in total. The number of alkyl halides is 3. The van der Waals surface area contributed by atoms with Crippen LogP contribution in [0.5, 0.6) is 0 Å². The lowest BCUT2D eigenvalue weighted by Crippen LogP contribution is -2.40. The van der Waals surface area contributed by atoms with E-state index in [2.05, 4.69) is 15.3 Å². The number of thiophene rings is 1. The first kappa shape index (κ1) is 27.3. The Morgan fingerprint density at radius 3 is 2.55 bits per heavy atom. The molecule has 1 fully saturated rings. The fourth-order valence-electron chi connectivity index (χ4n) is 4.21. The SMILES string of the molecule is Nc1ccc(/C=C/C(=O)NCc2cc3cc(-c4ccc(C(=O)N5CCOCC5)cn4)cc(C(F)(F)F)c3s2)cn1. The summed E-state index contributed by atoms with van der Waals surface area (Å²) in [6.07, 6.45) is 1.19. The van der Waals surface area contributed by atoms with Crippen LogP contribution in [0, 0.1) is 0 Å². The number of aromatic nitrogens is 2. The summed E-state index contributed by atoms with van der Waals surface area (Å²) in [5, 5.41) is 3.08. The van der Waals surface area contributed by atoms with E-state index in [1.54, 1.807) is 47.4 Å². The van der Waals surface area contributed by atoms with E-state index in [1.165, 1.54) is 18.5 Å². The first-order valence-electron chi connectivity index (χ1n) is 12.3. The third-order valence-electron chi connectivity index (χ3n) is 6.25. The lowest BCUT2D eigenvalue weighted by molar-refractivity contribution is -0.136. The van der Waals surface area contributed by atoms with E-state index in [4.69, 9.17) is 10.5 Å². The van der Waals surface area contributed by atoms with Gasteiger partial charge in [0.05, 0.1) is 36.6 Å². The van der Waals surface area contributed by atoms with Crippen molar-refractivity contribution in [1.82, 2.24) is 20.2 Å². The number of morpholine rings is 1. The summed E-state index contributed by atoms with van der Waals surface area (Å²) in [6.45, 7) is 1.93. The zero-order valence-electron chi connectivity index (χ0n) is 21.1. The molecule has 2 amide bonds. The summed E-state index contributed by atoms with van der Waals surface area (Å²) < 4.78 is 47.4. The van der Waals surface area contributed by atoms with Crippen molar-refractivity contribution in [1.29, 1.82) is 0 Å². The molecule has 0 spiro atoms. The highest BCUT2D eigenvalue weighted by Gasteiger charge is 2.34. The second-order valence-corrected chi connectivity index (χ2v) is 10.2. The third-order valence-corrected chi connectivity index (χ3v) is 7.43. The molecule has 0 aliphatic carbocycles. The Kier molecular flexibility index (Phi) is 7.81. The van der Waals surface area contributed by atoms with E-state index in [-0.39, 0.29) is 22.7 Å². The summed E-state index contributed by atoms with van der Waals surface area (Å²) in [4.78, 5) is 35.4. The highest BCUT2D eigenvalue weighted by Crippen LogP contribution is 2.41. The molecule has 12 heteroatoms. The molecule has 0 atom stereocenters. The molecule has 3 aromatic heterocycles. The van der Waals surface area contributed by atoms with Gasteiger partial charge in [-0.15, -0.1) is 11.3 Å². The number of carbonyl (C=O) groups excluding carboxylic acids is 2. The average molecular weight is 568 g/mol. The average Bonchev–Trinajstić information content (AvgIpc) is 3.38. The lowest BCUT2D eigenvalue weighted by Gasteiger charge is -2.26. The minimum atomic E-state index is -4.60. The number of halogens is 3. The van der Waals surface area contributed by atoms with Gasteiger partial charge in [0.15, 0.2) is 0 Å². The first-order valence-corrected chi connectivity index (χ1v) is 13.1. The monoisotopic (exact) mass is 567 g/mol. The number of pyridine rings is 2. The highest BCUT2D eigenvalue weighted by atomic mass is 32.1. The molecule has 0 radical (unpaired) electrons. The Morgan fingerprint density at radius 2 is 1.88 bits per heavy atom. The molecule has 5 rings (SSSR count). The van der Waals surface area contributed by atoms with E-state index in [1.807, 2.05) is 0 Å². The zero-order valence-corrected chi connectivity index (χ0v) is 21.9. The maximum atomic E-state index is 14.0. The molecule has 4 heterocycles. The summed E-state index contributed by atoms with van der Waals surface area (Å²) in [6, 6.07) is 10.8. The molecule has 1 aliphatic rings. The van der Waals surface area contributed by atoms with Crippen LogP contribution >= 0.6 is 11.3 Å². The summed E-state index contributed by atoms with van der Waals surface area (Å²) in [7, 11) is 0. The normalized spacial score (nSPS) is 14.1. The van der Waals surface area contributed by atoms with Crippen LogP contribution in [0.1, 0.15) is 26.4 Å². The number of nitrogens with one attached hydrogen (secondary N) is 1. The second kappa shape index (κ2) is 11.4. The van der Waals surface area contributed by atoms with Crippen molar-refractivity contribution < 1.29 is 27.5 Å². The topological polar surface area (TPSA) is 110 Å². The maximum Gasteiger partial charge on any atom is 0.417 e. The van der Waals surface area contributed by atoms with Gasteiger partial charge in [-0.1, -0.05) is 0 Å². The molecule has 3 N–H and O–H groups in total. The first-order chi connectivity index (χ1) is 19.2. The molecule has 0 unspecified atom stereocenters. The minimum Gasteiger partial charge on any atom is -0.384 e. The number of nitrogen functional groups attached to an aromatic ring is 1. The Balaban J connectivity index is 1.35. The van der Waals surface area contributed by atoms with Crippen LogP contribution in [0.2, 0.25) is 0 Å². The Hall–Kier alpha value is -4.29. The molecule has 206 valence electrons. The molecule has 0 bridgehead atoms. The van der Waals surface area contributed by atoms with Crippen LogP contribution in [-0.4, -0.2) is 53.0 Å². The van der Waals surface area contributed by atoms with Crippen molar-refractivity contribution in [3.63, 3.8) is 0 Å². The Labute approximate surface area is 231 Å². The van der Waals surface area contributed by atoms with Gasteiger partial charge in [0.1, 0.15) is 5.82 Å². The number of hydrogen-bond donors (Lipinski definition) is 2. The van der Waals surface area contributed by atoms with Gasteiger partial charge in [0, 0.05) is 46.7 Å². The largest absolute Gasteiger partial charge is 0.417 e. The number of fused-ring (bicyclic) bond motifs is 1. The van der Waals surface area contributed by atoms with Gasteiger partial charge in [-0.05, 0) is 59.5 Å². The number of hydrogen-bond acceptors (Lipinski definition) is 7. The molecule has 1 aromatic carbocycles. The minimum absolute atomic E-state index is 0.0612. The van der Waals surface area contributed by atoms with Crippen molar-refractivity contribution in [2.45, 2.75) is 12.7 Å². The van der Waals surface area contributed by atoms with Crippen molar-refractivity contribution in [2.75, 3.05) is 32.0 Å². The van der Waals surface area contributed by atoms with Crippen LogP contribution in [0.4, 0.5) is 19.0 Å². The number of benzene rings is 1. The molecule has 4 aromatic rings. The summed E-state index contributed by atoms with van der Waals surface area (Å²) in [5.74, 6) is -0.236. The van der Waals surface area contributed by atoms with E-state index in [0.29, 0.717) is 59.2 Å². The van der Waals surface area contributed by atoms with Gasteiger partial charge in [-0.2, -0.15) is 13.2 Å². The second-order valence-electron chi connectivity index (χ2n) is 9.06. The van der Waals surface area contributed by atoms with Gasteiger partial charge in [0.25, 0.3) is 5.91 Å². The standard InChI is InChI=1S/C28H24F3N5O3S/c29-28(30,31)22-13-19(23-4-3-18(15-33-23)27(38)36-7-9-39-10-8-36)11-20-12-21(40-26(20)22)16-35-25(37)6-2-17-1-5-24(32)34-14-17/h1-6,11-15H,7-10,16H2,(H2,32,34)(H,35,37)/b6-2+. The molecule has 40 heavy (non-hydrogen) atoms. The fraction of sp³-hybridized carbons (Fsp3) is 0.214. The smallest absolute Gasteiger partial charge is 0.384 e. The van der Waals surface area contributed by atoms with Gasteiger partial charge in [0.2, 0.25) is 5.91 Å². The predicted molar refractivity (Wildman–Crippen MR) is 146 cm³/mol. The summed E-state index contributed by atoms with van der Waals surface area (Å²) >= 11 is 0.971. The number of ether oxygens (including phenoxy) is 1. The van der Waals surface area contributed by atoms with Gasteiger partial charge >= 0.3 is 6.18 Å². The number of rotatable bonds is 6. The highest BCUT2D eigenvalue weighted by molar-refractivity contribution is 7.19. The molecular formula is C28H24F3N5O3S. The van der Waals surface area contributed by atoms with Crippen LogP contribution in [-0.2, 0) is 22.3 Å². The van der Waals surface area contributed by atoms with Crippen LogP contribution < -0.4 is 11.1 Å². The third kappa shape index (κ3) is 6.29. The van der Waals surface area contributed by atoms with Crippen molar-refractivity contribution in [3.8, 4) is 11.3 Å². The van der Waals surface area contributed by atoms with Crippen molar-refractivity contribution >= 4 is 45.1 Å². The number of nitrogens with two attached hydrogens (primary N) is 1. The number of nitrogens with zero attached hydrogens (tertiary/aromatic N) is 3. The molecule has 1 saturated heterocycles. The predicted octanol–water partition coefficient (Wildman–Crippen LogP) is 4.76. The van der Waals surface area contributed by atoms with Crippen LogP contribution in [0.3, 0.4) is 0 Å². The number of amides is 2. The van der Waals surface area contributed by atoms with Crippen LogP contribution in [0.15, 0.2) is 60.9 Å². The number of anilines is 1. The van der Waals surface area contributed by atoms with E-state index < -0.39 is 17.6 Å². The summed E-state index contributed by atoms with van der Waals surface area (Å²) in [5.41, 5.74) is 6.39. The molecule has 1 aliphatic heterocycles. The van der Waals surface area contributed by atoms with Gasteiger partial charge in [-0.25, -0.2) is 4.98 Å². The maximum absolute atomic E-state index is 14.0. The van der Waals surface area contributed by atoms with Gasteiger partial charge in [-0.3, -0.25) is 14.6 Å². The molecular weight excluding hydrogens is 543 g/mol. The van der Waals surface area contributed by atoms with Crippen molar-refractivity contribution in [3.05, 3.63) is 82.5 Å².